The Balaban J connectivity index is 2.43. The standard InChI is InChI=1S/C18H27N3O4S/c1-6-20(7-2)26(24,25)15-8-9-16-14(10-15)11-17(21(16)13(5)22)18(23)19-12(3)4/h8-10,12,17H,6-7,11H2,1-5H3,(H,19,23). The Morgan fingerprint density at radius 3 is 2.38 bits per heavy atom. The highest BCUT2D eigenvalue weighted by molar-refractivity contribution is 7.89. The number of nitrogens with one attached hydrogen (secondary N) is 1. The molecule has 0 spiro atoms. The van der Waals surface area contributed by atoms with Gasteiger partial charge in [-0.25, -0.2) is 8.42 Å². The molecule has 0 saturated heterocycles. The summed E-state index contributed by atoms with van der Waals surface area (Å²) in [5.74, 6) is -0.480. The van der Waals surface area contributed by atoms with Crippen LogP contribution in [0, 0.1) is 0 Å². The van der Waals surface area contributed by atoms with Gasteiger partial charge in [-0.3, -0.25) is 14.5 Å². The first kappa shape index (κ1) is 20.4. The van der Waals surface area contributed by atoms with E-state index in [0.717, 1.165) is 0 Å². The number of carbonyl (C=O) groups excluding carboxylic acids is 2. The molecular weight excluding hydrogens is 354 g/mol. The third kappa shape index (κ3) is 3.76. The highest BCUT2D eigenvalue weighted by Gasteiger charge is 2.38. The van der Waals surface area contributed by atoms with Crippen LogP contribution in [0.2, 0.25) is 0 Å². The van der Waals surface area contributed by atoms with Crippen molar-refractivity contribution < 1.29 is 18.0 Å². The van der Waals surface area contributed by atoms with Crippen molar-refractivity contribution in [2.45, 2.75) is 58.0 Å². The Bertz CT molecular complexity index is 801. The van der Waals surface area contributed by atoms with Gasteiger partial charge in [0.2, 0.25) is 21.8 Å². The number of benzene rings is 1. The Labute approximate surface area is 155 Å². The molecule has 0 bridgehead atoms. The van der Waals surface area contributed by atoms with E-state index >= 15 is 0 Å². The molecule has 0 aliphatic carbocycles. The zero-order valence-electron chi connectivity index (χ0n) is 15.9. The second-order valence-corrected chi connectivity index (χ2v) is 8.59. The fourth-order valence-electron chi connectivity index (χ4n) is 3.28. The maximum atomic E-state index is 12.7. The Morgan fingerprint density at radius 1 is 1.27 bits per heavy atom. The number of rotatable bonds is 6. The fourth-order valence-corrected chi connectivity index (χ4v) is 4.79. The summed E-state index contributed by atoms with van der Waals surface area (Å²) >= 11 is 0. The van der Waals surface area contributed by atoms with Gasteiger partial charge in [0, 0.05) is 38.2 Å². The van der Waals surface area contributed by atoms with Crippen LogP contribution < -0.4 is 10.2 Å². The minimum absolute atomic E-state index is 0.0429. The number of sulfonamides is 1. The van der Waals surface area contributed by atoms with Gasteiger partial charge in [0.25, 0.3) is 0 Å². The molecule has 0 aromatic heterocycles. The van der Waals surface area contributed by atoms with Gasteiger partial charge in [0.1, 0.15) is 6.04 Å². The molecule has 1 atom stereocenters. The molecule has 2 rings (SSSR count). The number of hydrogen-bond acceptors (Lipinski definition) is 4. The van der Waals surface area contributed by atoms with Crippen molar-refractivity contribution in [1.82, 2.24) is 9.62 Å². The second kappa shape index (κ2) is 7.75. The van der Waals surface area contributed by atoms with Gasteiger partial charge in [-0.2, -0.15) is 4.31 Å². The Kier molecular flexibility index (Phi) is 6.08. The van der Waals surface area contributed by atoms with E-state index in [4.69, 9.17) is 0 Å². The van der Waals surface area contributed by atoms with Crippen molar-refractivity contribution in [3.05, 3.63) is 23.8 Å². The molecule has 7 nitrogen and oxygen atoms in total. The maximum Gasteiger partial charge on any atom is 0.243 e. The molecule has 1 aromatic carbocycles. The number of hydrogen-bond donors (Lipinski definition) is 1. The molecule has 144 valence electrons. The minimum atomic E-state index is -3.59. The van der Waals surface area contributed by atoms with Gasteiger partial charge in [-0.15, -0.1) is 0 Å². The molecular formula is C18H27N3O4S. The first-order valence-corrected chi connectivity index (χ1v) is 10.3. The van der Waals surface area contributed by atoms with Gasteiger partial charge >= 0.3 is 0 Å². The zero-order chi connectivity index (χ0) is 19.6. The summed E-state index contributed by atoms with van der Waals surface area (Å²) < 4.78 is 26.9. The molecule has 1 aliphatic heterocycles. The largest absolute Gasteiger partial charge is 0.352 e. The first-order chi connectivity index (χ1) is 12.1. The van der Waals surface area contributed by atoms with E-state index in [9.17, 15) is 18.0 Å². The van der Waals surface area contributed by atoms with Gasteiger partial charge in [-0.1, -0.05) is 13.8 Å². The SMILES string of the molecule is CCN(CC)S(=O)(=O)c1ccc2c(c1)CC(C(=O)NC(C)C)N2C(C)=O. The summed E-state index contributed by atoms with van der Waals surface area (Å²) in [6.45, 7) is 9.46. The monoisotopic (exact) mass is 381 g/mol. The van der Waals surface area contributed by atoms with E-state index in [1.54, 1.807) is 26.0 Å². The molecule has 0 fully saturated rings. The van der Waals surface area contributed by atoms with Crippen LogP contribution >= 0.6 is 0 Å². The molecule has 0 radical (unpaired) electrons. The smallest absolute Gasteiger partial charge is 0.243 e. The lowest BCUT2D eigenvalue weighted by atomic mass is 10.1. The minimum Gasteiger partial charge on any atom is -0.352 e. The topological polar surface area (TPSA) is 86.8 Å². The number of fused-ring (bicyclic) bond motifs is 1. The number of nitrogens with zero attached hydrogens (tertiary/aromatic N) is 2. The fraction of sp³-hybridized carbons (Fsp3) is 0.556. The molecule has 1 unspecified atom stereocenters. The zero-order valence-corrected chi connectivity index (χ0v) is 16.8. The van der Waals surface area contributed by atoms with E-state index in [0.29, 0.717) is 30.8 Å². The Hall–Kier alpha value is -1.93. The van der Waals surface area contributed by atoms with Crippen LogP contribution in [0.5, 0.6) is 0 Å². The number of anilines is 1. The average molecular weight is 381 g/mol. The molecule has 0 saturated carbocycles. The summed E-state index contributed by atoms with van der Waals surface area (Å²) in [5.41, 5.74) is 1.29. The van der Waals surface area contributed by atoms with E-state index in [1.165, 1.54) is 22.2 Å². The number of amides is 2. The van der Waals surface area contributed by atoms with Crippen molar-refractivity contribution in [2.75, 3.05) is 18.0 Å². The predicted molar refractivity (Wildman–Crippen MR) is 100 cm³/mol. The second-order valence-electron chi connectivity index (χ2n) is 6.65. The van der Waals surface area contributed by atoms with Gasteiger partial charge in [-0.05, 0) is 37.6 Å². The summed E-state index contributed by atoms with van der Waals surface area (Å²) in [6.07, 6.45) is 0.301. The van der Waals surface area contributed by atoms with Crippen LogP contribution in [-0.2, 0) is 26.0 Å². The van der Waals surface area contributed by atoms with Crippen molar-refractivity contribution in [2.24, 2.45) is 0 Å². The van der Waals surface area contributed by atoms with E-state index in [1.807, 2.05) is 13.8 Å². The summed E-state index contributed by atoms with van der Waals surface area (Å²) in [4.78, 5) is 26.2. The summed E-state index contributed by atoms with van der Waals surface area (Å²) in [5, 5.41) is 2.83. The summed E-state index contributed by atoms with van der Waals surface area (Å²) in [7, 11) is -3.59. The molecule has 8 heteroatoms. The van der Waals surface area contributed by atoms with Gasteiger partial charge < -0.3 is 5.32 Å². The highest BCUT2D eigenvalue weighted by atomic mass is 32.2. The van der Waals surface area contributed by atoms with Crippen molar-refractivity contribution in [3.8, 4) is 0 Å². The van der Waals surface area contributed by atoms with E-state index in [-0.39, 0.29) is 22.8 Å². The lowest BCUT2D eigenvalue weighted by molar-refractivity contribution is -0.125. The maximum absolute atomic E-state index is 12.7. The molecule has 1 aliphatic rings. The number of carbonyl (C=O) groups is 2. The quantitative estimate of drug-likeness (QED) is 0.809. The van der Waals surface area contributed by atoms with Crippen LogP contribution in [0.3, 0.4) is 0 Å². The van der Waals surface area contributed by atoms with Gasteiger partial charge in [0.05, 0.1) is 4.90 Å². The molecule has 2 amide bonds. The average Bonchev–Trinajstić information content (AvgIpc) is 2.94. The van der Waals surface area contributed by atoms with Crippen LogP contribution in [0.25, 0.3) is 0 Å². The third-order valence-corrected chi connectivity index (χ3v) is 6.50. The van der Waals surface area contributed by atoms with Crippen molar-refractivity contribution in [3.63, 3.8) is 0 Å². The predicted octanol–water partition coefficient (Wildman–Crippen LogP) is 1.52. The van der Waals surface area contributed by atoms with E-state index in [2.05, 4.69) is 5.32 Å². The molecule has 1 aromatic rings. The van der Waals surface area contributed by atoms with Crippen LogP contribution in [0.1, 0.15) is 40.2 Å². The lowest BCUT2D eigenvalue weighted by Gasteiger charge is -2.24. The van der Waals surface area contributed by atoms with Crippen LogP contribution in [-0.4, -0.2) is 49.7 Å². The molecule has 1 N–H and O–H groups in total. The lowest BCUT2D eigenvalue weighted by Crippen LogP contribution is -2.49. The first-order valence-electron chi connectivity index (χ1n) is 8.86. The molecule has 1 heterocycles. The van der Waals surface area contributed by atoms with Crippen molar-refractivity contribution >= 4 is 27.5 Å². The Morgan fingerprint density at radius 2 is 1.88 bits per heavy atom. The highest BCUT2D eigenvalue weighted by Crippen LogP contribution is 2.34. The van der Waals surface area contributed by atoms with Crippen LogP contribution in [0.15, 0.2) is 23.1 Å². The normalized spacial score (nSPS) is 16.9. The van der Waals surface area contributed by atoms with Gasteiger partial charge in [0.15, 0.2) is 0 Å². The molecule has 26 heavy (non-hydrogen) atoms. The third-order valence-electron chi connectivity index (χ3n) is 4.45. The van der Waals surface area contributed by atoms with Crippen molar-refractivity contribution in [1.29, 1.82) is 0 Å². The van der Waals surface area contributed by atoms with E-state index < -0.39 is 16.1 Å². The van der Waals surface area contributed by atoms with Crippen LogP contribution in [0.4, 0.5) is 5.69 Å². The summed E-state index contributed by atoms with van der Waals surface area (Å²) in [6, 6.07) is 4.01.